The normalized spacial score (nSPS) is 17.9. The average Bonchev–Trinajstić information content (AvgIpc) is 2.81. The first kappa shape index (κ1) is 26.1. The minimum absolute atomic E-state index is 0.183. The first-order valence-corrected chi connectivity index (χ1v) is 12.1. The summed E-state index contributed by atoms with van der Waals surface area (Å²) in [7, 11) is 0. The van der Waals surface area contributed by atoms with Crippen molar-refractivity contribution in [2.75, 3.05) is 6.61 Å². The second-order valence-corrected chi connectivity index (χ2v) is 9.51. The van der Waals surface area contributed by atoms with Gasteiger partial charge in [0.1, 0.15) is 11.4 Å². The Morgan fingerprint density at radius 2 is 1.71 bits per heavy atom. The number of carbonyl (C=O) groups excluding carboxylic acids is 3. The number of ether oxygens (including phenoxy) is 2. The van der Waals surface area contributed by atoms with E-state index >= 15 is 0 Å². The molecule has 0 bridgehead atoms. The molecule has 2 atom stereocenters. The van der Waals surface area contributed by atoms with E-state index in [-0.39, 0.29) is 6.61 Å². The lowest BCUT2D eigenvalue weighted by molar-refractivity contribution is -0.153. The van der Waals surface area contributed by atoms with Gasteiger partial charge in [-0.1, -0.05) is 55.8 Å². The average molecular weight is 479 g/mol. The van der Waals surface area contributed by atoms with Crippen LogP contribution in [-0.2, 0) is 19.1 Å². The maximum atomic E-state index is 12.8. The van der Waals surface area contributed by atoms with E-state index in [0.29, 0.717) is 17.8 Å². The van der Waals surface area contributed by atoms with Gasteiger partial charge in [-0.2, -0.15) is 0 Å². The Morgan fingerprint density at radius 1 is 1.03 bits per heavy atom. The smallest absolute Gasteiger partial charge is 0.339 e. The summed E-state index contributed by atoms with van der Waals surface area (Å²) in [5.74, 6) is -1.85. The van der Waals surface area contributed by atoms with Gasteiger partial charge in [0.05, 0.1) is 18.2 Å². The Kier molecular flexibility index (Phi) is 8.43. The fourth-order valence-corrected chi connectivity index (χ4v) is 3.95. The Balaban J connectivity index is 1.96. The van der Waals surface area contributed by atoms with Crippen LogP contribution in [0.5, 0.6) is 0 Å². The van der Waals surface area contributed by atoms with Crippen LogP contribution in [0.4, 0.5) is 0 Å². The first-order valence-electron chi connectivity index (χ1n) is 12.1. The molecular formula is C28H34N2O5. The number of hydrogen-bond donors (Lipinski definition) is 1. The first-order chi connectivity index (χ1) is 16.6. The van der Waals surface area contributed by atoms with Crippen LogP contribution in [0.25, 0.3) is 11.1 Å². The number of benzene rings is 2. The third kappa shape index (κ3) is 6.56. The summed E-state index contributed by atoms with van der Waals surface area (Å²) < 4.78 is 10.7. The molecule has 1 amide bonds. The number of amides is 1. The van der Waals surface area contributed by atoms with Crippen molar-refractivity contribution in [1.82, 2.24) is 5.32 Å². The highest BCUT2D eigenvalue weighted by Gasteiger charge is 2.40. The zero-order valence-electron chi connectivity index (χ0n) is 21.1. The minimum atomic E-state index is -1.06. The molecular weight excluding hydrogens is 444 g/mol. The molecule has 3 rings (SSSR count). The standard InChI is InChI=1S/C28H34N2O5/c1-6-8-13-22-29-24(23(25(31)30-22)27(33)34-7-2)19-16-14-18(15-17-19)20-11-9-10-12-21(20)26(32)35-28(3,4)5/h9-12,14-17,23-24H,6-8,13H2,1-5H3,(H,29,30,31)/t23-,24-/m1/s1. The van der Waals surface area contributed by atoms with Gasteiger partial charge in [-0.05, 0) is 56.9 Å². The number of nitrogens with zero attached hydrogens (tertiary/aromatic N) is 1. The van der Waals surface area contributed by atoms with Crippen molar-refractivity contribution in [3.05, 3.63) is 59.7 Å². The zero-order valence-corrected chi connectivity index (χ0v) is 21.1. The van der Waals surface area contributed by atoms with Crippen molar-refractivity contribution < 1.29 is 23.9 Å². The Hall–Kier alpha value is -3.48. The number of amidine groups is 1. The van der Waals surface area contributed by atoms with E-state index in [4.69, 9.17) is 14.5 Å². The van der Waals surface area contributed by atoms with E-state index in [1.807, 2.05) is 57.2 Å². The van der Waals surface area contributed by atoms with E-state index in [0.717, 1.165) is 29.5 Å². The van der Waals surface area contributed by atoms with E-state index in [1.54, 1.807) is 19.1 Å². The predicted octanol–water partition coefficient (Wildman–Crippen LogP) is 5.25. The second kappa shape index (κ2) is 11.3. The molecule has 0 aliphatic carbocycles. The molecule has 7 heteroatoms. The van der Waals surface area contributed by atoms with Crippen LogP contribution in [0, 0.1) is 5.92 Å². The number of esters is 2. The molecule has 7 nitrogen and oxygen atoms in total. The Bertz CT molecular complexity index is 1100. The van der Waals surface area contributed by atoms with Crippen molar-refractivity contribution in [2.45, 2.75) is 65.5 Å². The molecule has 1 aliphatic heterocycles. The molecule has 1 aliphatic rings. The maximum Gasteiger partial charge on any atom is 0.339 e. The number of aliphatic imine (C=N–C) groups is 1. The van der Waals surface area contributed by atoms with E-state index in [1.165, 1.54) is 0 Å². The summed E-state index contributed by atoms with van der Waals surface area (Å²) in [4.78, 5) is 43.0. The van der Waals surface area contributed by atoms with E-state index in [9.17, 15) is 14.4 Å². The highest BCUT2D eigenvalue weighted by Crippen LogP contribution is 2.33. The Morgan fingerprint density at radius 3 is 2.34 bits per heavy atom. The van der Waals surface area contributed by atoms with Gasteiger partial charge in [0.15, 0.2) is 5.92 Å². The maximum absolute atomic E-state index is 12.8. The lowest BCUT2D eigenvalue weighted by atomic mass is 9.89. The van der Waals surface area contributed by atoms with Crippen molar-refractivity contribution >= 4 is 23.7 Å². The van der Waals surface area contributed by atoms with Gasteiger partial charge in [-0.3, -0.25) is 14.6 Å². The summed E-state index contributed by atoms with van der Waals surface area (Å²) in [6.07, 6.45) is 2.48. The molecule has 1 heterocycles. The van der Waals surface area contributed by atoms with Crippen molar-refractivity contribution in [3.63, 3.8) is 0 Å². The molecule has 186 valence electrons. The number of nitrogens with one attached hydrogen (secondary N) is 1. The molecule has 0 unspecified atom stereocenters. The third-order valence-corrected chi connectivity index (χ3v) is 5.58. The van der Waals surface area contributed by atoms with Crippen molar-refractivity contribution in [2.24, 2.45) is 10.9 Å². The topological polar surface area (TPSA) is 94.1 Å². The van der Waals surface area contributed by atoms with Gasteiger partial charge >= 0.3 is 11.9 Å². The van der Waals surface area contributed by atoms with Crippen LogP contribution >= 0.6 is 0 Å². The van der Waals surface area contributed by atoms with Crippen molar-refractivity contribution in [3.8, 4) is 11.1 Å². The van der Waals surface area contributed by atoms with Gasteiger partial charge in [0.25, 0.3) is 0 Å². The largest absolute Gasteiger partial charge is 0.465 e. The lowest BCUT2D eigenvalue weighted by Crippen LogP contribution is -2.46. The highest BCUT2D eigenvalue weighted by molar-refractivity contribution is 6.09. The highest BCUT2D eigenvalue weighted by atomic mass is 16.6. The summed E-state index contributed by atoms with van der Waals surface area (Å²) in [6.45, 7) is 9.45. The molecule has 0 spiro atoms. The van der Waals surface area contributed by atoms with E-state index in [2.05, 4.69) is 12.2 Å². The fraction of sp³-hybridized carbons (Fsp3) is 0.429. The van der Waals surface area contributed by atoms with Gasteiger partial charge in [0.2, 0.25) is 5.91 Å². The predicted molar refractivity (Wildman–Crippen MR) is 135 cm³/mol. The van der Waals surface area contributed by atoms with Gasteiger partial charge in [0, 0.05) is 6.42 Å². The molecule has 1 N–H and O–H groups in total. The van der Waals surface area contributed by atoms with Crippen LogP contribution in [0.15, 0.2) is 53.5 Å². The number of carbonyl (C=O) groups is 3. The molecule has 0 aromatic heterocycles. The molecule has 0 fully saturated rings. The fourth-order valence-electron chi connectivity index (χ4n) is 3.95. The summed E-state index contributed by atoms with van der Waals surface area (Å²) in [5, 5.41) is 2.77. The molecule has 35 heavy (non-hydrogen) atoms. The number of rotatable bonds is 8. The van der Waals surface area contributed by atoms with Crippen LogP contribution in [-0.4, -0.2) is 35.9 Å². The molecule has 0 radical (unpaired) electrons. The van der Waals surface area contributed by atoms with Crippen LogP contribution < -0.4 is 5.32 Å². The second-order valence-electron chi connectivity index (χ2n) is 9.51. The summed E-state index contributed by atoms with van der Waals surface area (Å²) in [6, 6.07) is 14.0. The van der Waals surface area contributed by atoms with Gasteiger partial charge < -0.3 is 14.8 Å². The van der Waals surface area contributed by atoms with Crippen molar-refractivity contribution in [1.29, 1.82) is 0 Å². The zero-order chi connectivity index (χ0) is 25.6. The lowest BCUT2D eigenvalue weighted by Gasteiger charge is -2.28. The summed E-state index contributed by atoms with van der Waals surface area (Å²) in [5.41, 5.74) is 2.15. The third-order valence-electron chi connectivity index (χ3n) is 5.58. The Labute approximate surface area is 206 Å². The molecule has 2 aromatic carbocycles. The minimum Gasteiger partial charge on any atom is -0.465 e. The van der Waals surface area contributed by atoms with Gasteiger partial charge in [-0.25, -0.2) is 4.79 Å². The monoisotopic (exact) mass is 478 g/mol. The number of unbranched alkanes of at least 4 members (excludes halogenated alkanes) is 1. The molecule has 0 saturated carbocycles. The quantitative estimate of drug-likeness (QED) is 0.413. The van der Waals surface area contributed by atoms with Gasteiger partial charge in [-0.15, -0.1) is 0 Å². The SMILES string of the molecule is CCCCC1=N[C@H](c2ccc(-c3ccccc3C(=O)OC(C)(C)C)cc2)[C@@H](C(=O)OCC)C(=O)N1. The molecule has 2 aromatic rings. The molecule has 0 saturated heterocycles. The van der Waals surface area contributed by atoms with Crippen LogP contribution in [0.2, 0.25) is 0 Å². The summed E-state index contributed by atoms with van der Waals surface area (Å²) >= 11 is 0. The number of hydrogen-bond acceptors (Lipinski definition) is 6. The van der Waals surface area contributed by atoms with Crippen LogP contribution in [0.3, 0.4) is 0 Å². The van der Waals surface area contributed by atoms with Crippen LogP contribution in [0.1, 0.15) is 75.8 Å². The van der Waals surface area contributed by atoms with E-state index < -0.39 is 35.4 Å².